The number of carbonyl (C=O) groups excluding carboxylic acids is 2. The lowest BCUT2D eigenvalue weighted by Gasteiger charge is -2.06. The molecule has 0 unspecified atom stereocenters. The van der Waals surface area contributed by atoms with Gasteiger partial charge in [-0.3, -0.25) is 9.78 Å². The van der Waals surface area contributed by atoms with E-state index in [1.165, 1.54) is 25.8 Å². The van der Waals surface area contributed by atoms with Gasteiger partial charge in [0.2, 0.25) is 5.91 Å². The summed E-state index contributed by atoms with van der Waals surface area (Å²) >= 11 is 0. The Morgan fingerprint density at radius 1 is 1.09 bits per heavy atom. The molecule has 1 N–H and O–H groups in total. The van der Waals surface area contributed by atoms with Gasteiger partial charge in [0.1, 0.15) is 0 Å². The highest BCUT2D eigenvalue weighted by Gasteiger charge is 2.07. The van der Waals surface area contributed by atoms with Crippen molar-refractivity contribution in [1.82, 2.24) is 10.3 Å². The lowest BCUT2D eigenvalue weighted by Crippen LogP contribution is -2.22. The van der Waals surface area contributed by atoms with Crippen LogP contribution in [0.4, 0.5) is 0 Å². The van der Waals surface area contributed by atoms with Gasteiger partial charge in [0.05, 0.1) is 12.7 Å². The first-order valence-corrected chi connectivity index (χ1v) is 7.43. The first-order valence-electron chi connectivity index (χ1n) is 7.43. The van der Waals surface area contributed by atoms with E-state index in [9.17, 15) is 9.59 Å². The summed E-state index contributed by atoms with van der Waals surface area (Å²) in [7, 11) is 1.36. The summed E-state index contributed by atoms with van der Waals surface area (Å²) < 4.78 is 4.70. The highest BCUT2D eigenvalue weighted by Crippen LogP contribution is 2.12. The number of carbonyl (C=O) groups is 2. The van der Waals surface area contributed by atoms with Crippen LogP contribution in [0.25, 0.3) is 0 Å². The van der Waals surface area contributed by atoms with E-state index in [1.807, 2.05) is 12.1 Å². The van der Waals surface area contributed by atoms with Crippen molar-refractivity contribution in [3.8, 4) is 0 Å². The second-order valence-corrected chi connectivity index (χ2v) is 5.30. The molecular weight excluding hydrogens is 292 g/mol. The largest absolute Gasteiger partial charge is 0.465 e. The molecule has 0 aliphatic heterocycles. The summed E-state index contributed by atoms with van der Waals surface area (Å²) in [6.45, 7) is 2.15. The van der Waals surface area contributed by atoms with Gasteiger partial charge in [-0.15, -0.1) is 0 Å². The fourth-order valence-electron chi connectivity index (χ4n) is 2.26. The molecule has 0 fully saturated rings. The summed E-state index contributed by atoms with van der Waals surface area (Å²) in [6.07, 6.45) is 4.75. The van der Waals surface area contributed by atoms with Crippen molar-refractivity contribution < 1.29 is 14.3 Å². The van der Waals surface area contributed by atoms with Crippen LogP contribution in [-0.2, 0) is 22.4 Å². The van der Waals surface area contributed by atoms with Crippen molar-refractivity contribution in [1.29, 1.82) is 0 Å². The van der Waals surface area contributed by atoms with Crippen LogP contribution >= 0.6 is 0 Å². The number of methoxy groups -OCH3 is 1. The number of nitrogens with zero attached hydrogens (tertiary/aromatic N) is 1. The Hall–Kier alpha value is -2.69. The molecule has 1 heterocycles. The quantitative estimate of drug-likeness (QED) is 0.830. The molecule has 0 saturated heterocycles. The molecule has 1 amide bonds. The average Bonchev–Trinajstić information content (AvgIpc) is 2.55. The molecule has 5 nitrogen and oxygen atoms in total. The molecule has 23 heavy (non-hydrogen) atoms. The number of pyridine rings is 1. The first-order chi connectivity index (χ1) is 11.1. The number of rotatable bonds is 6. The van der Waals surface area contributed by atoms with Gasteiger partial charge in [0.25, 0.3) is 0 Å². The zero-order chi connectivity index (χ0) is 16.7. The first kappa shape index (κ1) is 16.7. The predicted octanol–water partition coefficient (Wildman–Crippen LogP) is 2.14. The summed E-state index contributed by atoms with van der Waals surface area (Å²) in [6, 6.07) is 9.99. The van der Waals surface area contributed by atoms with Crippen LogP contribution in [0, 0.1) is 0 Å². The van der Waals surface area contributed by atoms with E-state index >= 15 is 0 Å². The summed E-state index contributed by atoms with van der Waals surface area (Å²) in [5.74, 6) is -0.396. The molecule has 120 valence electrons. The highest BCUT2D eigenvalue weighted by atomic mass is 16.5. The van der Waals surface area contributed by atoms with E-state index in [2.05, 4.69) is 22.4 Å². The summed E-state index contributed by atoms with van der Waals surface area (Å²) in [5, 5.41) is 2.78. The van der Waals surface area contributed by atoms with Gasteiger partial charge in [-0.2, -0.15) is 0 Å². The molecule has 0 saturated carbocycles. The van der Waals surface area contributed by atoms with Crippen LogP contribution in [0.2, 0.25) is 0 Å². The van der Waals surface area contributed by atoms with Gasteiger partial charge in [0, 0.05) is 25.9 Å². The topological polar surface area (TPSA) is 68.3 Å². The monoisotopic (exact) mass is 312 g/mol. The second-order valence-electron chi connectivity index (χ2n) is 5.30. The van der Waals surface area contributed by atoms with Crippen molar-refractivity contribution in [2.24, 2.45) is 0 Å². The lowest BCUT2D eigenvalue weighted by molar-refractivity contribution is -0.118. The van der Waals surface area contributed by atoms with Crippen LogP contribution in [0.5, 0.6) is 0 Å². The van der Waals surface area contributed by atoms with Crippen molar-refractivity contribution >= 4 is 11.9 Å². The van der Waals surface area contributed by atoms with Crippen molar-refractivity contribution in [2.75, 3.05) is 13.7 Å². The number of benzene rings is 1. The zero-order valence-corrected chi connectivity index (χ0v) is 13.3. The Kier molecular flexibility index (Phi) is 5.86. The minimum absolute atomic E-state index is 0.0143. The normalized spacial score (nSPS) is 10.2. The van der Waals surface area contributed by atoms with E-state index in [1.54, 1.807) is 12.3 Å². The molecule has 1 aromatic carbocycles. The molecule has 0 atom stereocenters. The maximum Gasteiger partial charge on any atom is 0.339 e. The molecule has 0 bridgehead atoms. The third kappa shape index (κ3) is 5.21. The van der Waals surface area contributed by atoms with Gasteiger partial charge in [-0.25, -0.2) is 4.79 Å². The Balaban J connectivity index is 1.98. The third-order valence-electron chi connectivity index (χ3n) is 3.43. The number of hydrogen-bond donors (Lipinski definition) is 1. The van der Waals surface area contributed by atoms with Gasteiger partial charge < -0.3 is 10.1 Å². The minimum atomic E-state index is -0.382. The SMILES string of the molecule is COC(=O)c1cncc(Cc2ccc(CCNC(C)=O)cc2)c1. The van der Waals surface area contributed by atoms with Crippen LogP contribution in [0.3, 0.4) is 0 Å². The number of nitrogens with one attached hydrogen (secondary N) is 1. The van der Waals surface area contributed by atoms with Gasteiger partial charge in [-0.05, 0) is 35.6 Å². The van der Waals surface area contributed by atoms with Crippen molar-refractivity contribution in [3.63, 3.8) is 0 Å². The molecule has 0 aliphatic rings. The Morgan fingerprint density at radius 2 is 1.78 bits per heavy atom. The number of aromatic nitrogens is 1. The van der Waals surface area contributed by atoms with E-state index in [0.717, 1.165) is 17.5 Å². The van der Waals surface area contributed by atoms with Crippen LogP contribution < -0.4 is 5.32 Å². The predicted molar refractivity (Wildman–Crippen MR) is 87.2 cm³/mol. The molecule has 2 aromatic rings. The Labute approximate surface area is 135 Å². The number of ether oxygens (including phenoxy) is 1. The molecule has 0 spiro atoms. The van der Waals surface area contributed by atoms with E-state index in [0.29, 0.717) is 18.5 Å². The number of hydrogen-bond acceptors (Lipinski definition) is 4. The fraction of sp³-hybridized carbons (Fsp3) is 0.278. The van der Waals surface area contributed by atoms with Gasteiger partial charge >= 0.3 is 5.97 Å². The fourth-order valence-corrected chi connectivity index (χ4v) is 2.26. The van der Waals surface area contributed by atoms with Crippen LogP contribution in [-0.4, -0.2) is 30.5 Å². The van der Waals surface area contributed by atoms with E-state index in [4.69, 9.17) is 4.74 Å². The highest BCUT2D eigenvalue weighted by molar-refractivity contribution is 5.89. The Bertz CT molecular complexity index is 681. The van der Waals surface area contributed by atoms with Crippen molar-refractivity contribution in [3.05, 3.63) is 65.0 Å². The molecular formula is C18H20N2O3. The maximum atomic E-state index is 11.5. The smallest absolute Gasteiger partial charge is 0.339 e. The van der Waals surface area contributed by atoms with E-state index < -0.39 is 0 Å². The molecule has 2 rings (SSSR count). The zero-order valence-electron chi connectivity index (χ0n) is 13.3. The van der Waals surface area contributed by atoms with Gasteiger partial charge in [-0.1, -0.05) is 24.3 Å². The molecule has 1 aromatic heterocycles. The van der Waals surface area contributed by atoms with Gasteiger partial charge in [0.15, 0.2) is 0 Å². The molecule has 0 radical (unpaired) electrons. The van der Waals surface area contributed by atoms with Crippen LogP contribution in [0.15, 0.2) is 42.7 Å². The standard InChI is InChI=1S/C18H20N2O3/c1-13(21)20-8-7-14-3-5-15(6-4-14)9-16-10-17(12-19-11-16)18(22)23-2/h3-6,10-12H,7-9H2,1-2H3,(H,20,21). The summed E-state index contributed by atoms with van der Waals surface area (Å²) in [4.78, 5) is 26.4. The minimum Gasteiger partial charge on any atom is -0.465 e. The Morgan fingerprint density at radius 3 is 2.43 bits per heavy atom. The summed E-state index contributed by atoms with van der Waals surface area (Å²) in [5.41, 5.74) is 3.72. The average molecular weight is 312 g/mol. The lowest BCUT2D eigenvalue weighted by atomic mass is 10.0. The second kappa shape index (κ2) is 8.08. The number of esters is 1. The van der Waals surface area contributed by atoms with Crippen molar-refractivity contribution in [2.45, 2.75) is 19.8 Å². The molecule has 0 aliphatic carbocycles. The maximum absolute atomic E-state index is 11.5. The molecule has 5 heteroatoms. The third-order valence-corrected chi connectivity index (χ3v) is 3.43. The van der Waals surface area contributed by atoms with Crippen LogP contribution in [0.1, 0.15) is 34.0 Å². The van der Waals surface area contributed by atoms with E-state index in [-0.39, 0.29) is 11.9 Å². The number of amides is 1.